The number of piperidine rings is 1. The Balaban J connectivity index is 1.03. The van der Waals surface area contributed by atoms with E-state index < -0.39 is 17.6 Å². The van der Waals surface area contributed by atoms with E-state index >= 15 is 0 Å². The van der Waals surface area contributed by atoms with Gasteiger partial charge < -0.3 is 15.5 Å². The molecule has 2 N–H and O–H groups in total. The zero-order valence-electron chi connectivity index (χ0n) is 19.4. The lowest BCUT2D eigenvalue weighted by molar-refractivity contribution is -0.137. The van der Waals surface area contributed by atoms with Crippen LogP contribution in [0.1, 0.15) is 53.1 Å². The molecule has 3 aliphatic rings. The van der Waals surface area contributed by atoms with E-state index in [0.717, 1.165) is 12.1 Å². The van der Waals surface area contributed by atoms with E-state index in [-0.39, 0.29) is 18.0 Å². The molecule has 0 bridgehead atoms. The zero-order chi connectivity index (χ0) is 24.6. The van der Waals surface area contributed by atoms with Gasteiger partial charge in [-0.2, -0.15) is 13.2 Å². The first kappa shape index (κ1) is 23.9. The molecule has 35 heavy (non-hydrogen) atoms. The number of halogens is 3. The molecule has 186 valence electrons. The molecule has 0 spiro atoms. The Kier molecular flexibility index (Phi) is 6.57. The van der Waals surface area contributed by atoms with Gasteiger partial charge in [0.2, 0.25) is 5.91 Å². The number of alkyl halides is 3. The summed E-state index contributed by atoms with van der Waals surface area (Å²) in [5, 5.41) is 6.28. The number of benzene rings is 2. The Bertz CT molecular complexity index is 1050. The Hall–Kier alpha value is -2.87. The van der Waals surface area contributed by atoms with Crippen LogP contribution in [0.4, 0.5) is 13.2 Å². The second kappa shape index (κ2) is 9.64. The molecule has 0 aromatic heterocycles. The van der Waals surface area contributed by atoms with Gasteiger partial charge in [-0.3, -0.25) is 9.59 Å². The smallest absolute Gasteiger partial charge is 0.343 e. The third-order valence-electron chi connectivity index (χ3n) is 7.83. The lowest BCUT2D eigenvalue weighted by atomic mass is 9.82. The maximum atomic E-state index is 12.9. The SMILES string of the molecule is O=C(NCC(=O)N1C[C@@H]2[C@H](C1)[C@H]2N[C@H]1CC[C@H](c2ccccc2)CC1)c1cccc(C(F)(F)F)c1. The monoisotopic (exact) mass is 485 g/mol. The molecule has 2 aromatic carbocycles. The Morgan fingerprint density at radius 2 is 1.60 bits per heavy atom. The average molecular weight is 486 g/mol. The molecule has 1 heterocycles. The fourth-order valence-electron chi connectivity index (χ4n) is 5.77. The fraction of sp³-hybridized carbons (Fsp3) is 0.481. The molecule has 2 saturated carbocycles. The first-order valence-corrected chi connectivity index (χ1v) is 12.3. The Labute approximate surface area is 203 Å². The van der Waals surface area contributed by atoms with Gasteiger partial charge in [-0.15, -0.1) is 0 Å². The zero-order valence-corrected chi connectivity index (χ0v) is 19.4. The normalized spacial score (nSPS) is 27.9. The molecule has 2 aliphatic carbocycles. The number of nitrogens with one attached hydrogen (secondary N) is 2. The third-order valence-corrected chi connectivity index (χ3v) is 7.83. The van der Waals surface area contributed by atoms with Gasteiger partial charge in [-0.25, -0.2) is 0 Å². The van der Waals surface area contributed by atoms with Gasteiger partial charge >= 0.3 is 6.18 Å². The summed E-state index contributed by atoms with van der Waals surface area (Å²) in [6.45, 7) is 1.12. The second-order valence-electron chi connectivity index (χ2n) is 10.0. The topological polar surface area (TPSA) is 61.4 Å². The molecule has 3 fully saturated rings. The van der Waals surface area contributed by atoms with Crippen molar-refractivity contribution >= 4 is 11.8 Å². The van der Waals surface area contributed by atoms with Crippen molar-refractivity contribution in [3.8, 4) is 0 Å². The Morgan fingerprint density at radius 3 is 2.26 bits per heavy atom. The van der Waals surface area contributed by atoms with E-state index in [2.05, 4.69) is 41.0 Å². The molecular formula is C27H30F3N3O2. The molecule has 0 radical (unpaired) electrons. The van der Waals surface area contributed by atoms with E-state index in [1.807, 2.05) is 0 Å². The number of hydrogen-bond donors (Lipinski definition) is 2. The summed E-state index contributed by atoms with van der Waals surface area (Å²) in [7, 11) is 0. The molecule has 5 rings (SSSR count). The van der Waals surface area contributed by atoms with E-state index in [4.69, 9.17) is 0 Å². The molecule has 2 amide bonds. The summed E-state index contributed by atoms with van der Waals surface area (Å²) in [6.07, 6.45) is 0.202. The summed E-state index contributed by atoms with van der Waals surface area (Å²) in [6, 6.07) is 15.9. The number of rotatable bonds is 6. The van der Waals surface area contributed by atoms with Crippen molar-refractivity contribution < 1.29 is 22.8 Å². The molecular weight excluding hydrogens is 455 g/mol. The van der Waals surface area contributed by atoms with Crippen molar-refractivity contribution in [3.63, 3.8) is 0 Å². The van der Waals surface area contributed by atoms with Crippen LogP contribution in [-0.2, 0) is 11.0 Å². The predicted molar refractivity (Wildman–Crippen MR) is 126 cm³/mol. The quantitative estimate of drug-likeness (QED) is 0.645. The average Bonchev–Trinajstić information content (AvgIpc) is 3.29. The standard InChI is InChI=1S/C27H30F3N3O2/c28-27(29,30)20-8-4-7-19(13-20)26(35)31-14-24(34)33-15-22-23(16-33)25(22)32-21-11-9-18(10-12-21)17-5-2-1-3-6-17/h1-8,13,18,21-23,25,32H,9-12,14-16H2,(H,31,35)/t18-,21-,22-,23+,25+. The van der Waals surface area contributed by atoms with Gasteiger partial charge in [-0.1, -0.05) is 36.4 Å². The fourth-order valence-corrected chi connectivity index (χ4v) is 5.77. The van der Waals surface area contributed by atoms with Crippen molar-refractivity contribution in [2.45, 2.75) is 49.9 Å². The summed E-state index contributed by atoms with van der Waals surface area (Å²) in [4.78, 5) is 26.6. The second-order valence-corrected chi connectivity index (χ2v) is 10.0. The number of amides is 2. The van der Waals surface area contributed by atoms with Gasteiger partial charge in [0.25, 0.3) is 5.91 Å². The number of carbonyl (C=O) groups is 2. The number of carbonyl (C=O) groups excluding carboxylic acids is 2. The van der Waals surface area contributed by atoms with Gasteiger partial charge in [0.15, 0.2) is 0 Å². The van der Waals surface area contributed by atoms with E-state index in [9.17, 15) is 22.8 Å². The van der Waals surface area contributed by atoms with Crippen LogP contribution in [0.25, 0.3) is 0 Å². The van der Waals surface area contributed by atoms with Gasteiger partial charge in [0.05, 0.1) is 12.1 Å². The van der Waals surface area contributed by atoms with Crippen molar-refractivity contribution in [2.24, 2.45) is 11.8 Å². The maximum Gasteiger partial charge on any atom is 0.416 e. The van der Waals surface area contributed by atoms with Crippen LogP contribution in [0.3, 0.4) is 0 Å². The third kappa shape index (κ3) is 5.37. The molecule has 5 nitrogen and oxygen atoms in total. The summed E-state index contributed by atoms with van der Waals surface area (Å²) in [5.41, 5.74) is 0.440. The van der Waals surface area contributed by atoms with E-state index in [1.54, 1.807) is 4.90 Å². The highest BCUT2D eigenvalue weighted by molar-refractivity contribution is 5.96. The number of hydrogen-bond acceptors (Lipinski definition) is 3. The minimum atomic E-state index is -4.52. The van der Waals surface area contributed by atoms with Crippen molar-refractivity contribution in [1.82, 2.24) is 15.5 Å². The van der Waals surface area contributed by atoms with Crippen molar-refractivity contribution in [2.75, 3.05) is 19.6 Å². The first-order valence-electron chi connectivity index (χ1n) is 12.3. The van der Waals surface area contributed by atoms with Gasteiger partial charge in [-0.05, 0) is 67.2 Å². The highest BCUT2D eigenvalue weighted by atomic mass is 19.4. The lowest BCUT2D eigenvalue weighted by Crippen LogP contribution is -2.43. The molecule has 1 aliphatic heterocycles. The molecule has 0 unspecified atom stereocenters. The largest absolute Gasteiger partial charge is 0.416 e. The van der Waals surface area contributed by atoms with Crippen LogP contribution in [-0.4, -0.2) is 48.4 Å². The first-order chi connectivity index (χ1) is 16.8. The molecule has 1 saturated heterocycles. The minimum absolute atomic E-state index is 0.108. The highest BCUT2D eigenvalue weighted by Gasteiger charge is 2.57. The number of fused-ring (bicyclic) bond motifs is 1. The van der Waals surface area contributed by atoms with Crippen LogP contribution >= 0.6 is 0 Å². The number of likely N-dealkylation sites (tertiary alicyclic amines) is 1. The van der Waals surface area contributed by atoms with Crippen LogP contribution in [0.15, 0.2) is 54.6 Å². The highest BCUT2D eigenvalue weighted by Crippen LogP contribution is 2.46. The predicted octanol–water partition coefficient (Wildman–Crippen LogP) is 4.21. The summed E-state index contributed by atoms with van der Waals surface area (Å²) >= 11 is 0. The minimum Gasteiger partial charge on any atom is -0.343 e. The van der Waals surface area contributed by atoms with Crippen molar-refractivity contribution in [1.29, 1.82) is 0 Å². The van der Waals surface area contributed by atoms with E-state index in [0.29, 0.717) is 42.9 Å². The van der Waals surface area contributed by atoms with Crippen LogP contribution in [0.2, 0.25) is 0 Å². The van der Waals surface area contributed by atoms with Crippen LogP contribution < -0.4 is 10.6 Å². The molecule has 2 aromatic rings. The van der Waals surface area contributed by atoms with Crippen molar-refractivity contribution in [3.05, 3.63) is 71.3 Å². The van der Waals surface area contributed by atoms with E-state index in [1.165, 1.54) is 43.4 Å². The van der Waals surface area contributed by atoms with Crippen LogP contribution in [0, 0.1) is 11.8 Å². The van der Waals surface area contributed by atoms with Crippen LogP contribution in [0.5, 0.6) is 0 Å². The maximum absolute atomic E-state index is 12.9. The van der Waals surface area contributed by atoms with Gasteiger partial charge in [0, 0.05) is 30.7 Å². The number of nitrogens with zero attached hydrogens (tertiary/aromatic N) is 1. The molecule has 3 atom stereocenters. The van der Waals surface area contributed by atoms with Gasteiger partial charge in [0.1, 0.15) is 0 Å². The summed E-state index contributed by atoms with van der Waals surface area (Å²) < 4.78 is 38.6. The molecule has 8 heteroatoms. The lowest BCUT2D eigenvalue weighted by Gasteiger charge is -2.30. The summed E-state index contributed by atoms with van der Waals surface area (Å²) in [5.74, 6) is 0.668. The Morgan fingerprint density at radius 1 is 0.914 bits per heavy atom.